The van der Waals surface area contributed by atoms with Gasteiger partial charge in [0.05, 0.1) is 56.5 Å². The number of aliphatic carboxylic acids is 2. The van der Waals surface area contributed by atoms with Gasteiger partial charge in [-0.3, -0.25) is 53.1 Å². The molecule has 2 aromatic carbocycles. The van der Waals surface area contributed by atoms with Gasteiger partial charge in [-0.15, -0.1) is 0 Å². The van der Waals surface area contributed by atoms with Gasteiger partial charge in [0, 0.05) is 150 Å². The number of rotatable bonds is 39. The zero-order valence-corrected chi connectivity index (χ0v) is 54.2. The van der Waals surface area contributed by atoms with Crippen molar-refractivity contribution in [1.82, 2.24) is 65.4 Å². The number of aromatic nitrogens is 3. The number of nitrogens with one attached hydrogen (secondary N) is 8. The number of nitrogens with zero attached hydrogens (tertiary/aromatic N) is 6. The molecule has 1 saturated heterocycles. The summed E-state index contributed by atoms with van der Waals surface area (Å²) >= 11 is 0. The normalized spacial score (nSPS) is 14.7. The summed E-state index contributed by atoms with van der Waals surface area (Å²) in [5.41, 5.74) is 1.09. The van der Waals surface area contributed by atoms with E-state index in [1.54, 1.807) is 47.1 Å². The molecule has 92 heavy (non-hydrogen) atoms. The van der Waals surface area contributed by atoms with Crippen molar-refractivity contribution in [2.45, 2.75) is 82.8 Å². The number of carboxylic acids is 2. The fourth-order valence-electron chi connectivity index (χ4n) is 9.93. The van der Waals surface area contributed by atoms with Crippen molar-refractivity contribution in [1.29, 1.82) is 0 Å². The Morgan fingerprint density at radius 3 is 1.98 bits per heavy atom. The van der Waals surface area contributed by atoms with Gasteiger partial charge in [-0.2, -0.15) is 4.72 Å². The van der Waals surface area contributed by atoms with Crippen molar-refractivity contribution >= 4 is 68.3 Å². The molecule has 3 heterocycles. The number of amides is 5. The van der Waals surface area contributed by atoms with E-state index in [9.17, 15) is 57.0 Å². The minimum Gasteiger partial charge on any atom is -0.494 e. The lowest BCUT2D eigenvalue weighted by molar-refractivity contribution is -0.139. The van der Waals surface area contributed by atoms with Gasteiger partial charge < -0.3 is 75.5 Å². The van der Waals surface area contributed by atoms with Crippen LogP contribution in [0.5, 0.6) is 5.75 Å². The average molecular weight is 1310 g/mol. The molecule has 0 aliphatic carbocycles. The highest BCUT2D eigenvalue weighted by molar-refractivity contribution is 7.89. The molecule has 1 aliphatic rings. The molecule has 0 saturated carbocycles. The van der Waals surface area contributed by atoms with Crippen molar-refractivity contribution in [2.75, 3.05) is 150 Å². The largest absolute Gasteiger partial charge is 0.494 e. The van der Waals surface area contributed by atoms with Crippen molar-refractivity contribution in [3.8, 4) is 5.75 Å². The Balaban J connectivity index is 0.905. The number of carbonyl (C=O) groups excluding carboxylic acids is 5. The second-order valence-electron chi connectivity index (χ2n) is 22.1. The Kier molecular flexibility index (Phi) is 32.4. The molecule has 1 unspecified atom stereocenters. The summed E-state index contributed by atoms with van der Waals surface area (Å²) in [6, 6.07) is 5.34. The number of carbonyl (C=O) groups is 7. The van der Waals surface area contributed by atoms with Gasteiger partial charge in [-0.25, -0.2) is 13.4 Å². The average Bonchev–Trinajstić information content (AvgIpc) is 0.840. The number of pyridine rings is 1. The Bertz CT molecular complexity index is 3180. The van der Waals surface area contributed by atoms with Crippen LogP contribution in [-0.4, -0.2) is 251 Å². The summed E-state index contributed by atoms with van der Waals surface area (Å²) in [6.07, 6.45) is 6.30. The summed E-state index contributed by atoms with van der Waals surface area (Å²) in [4.78, 5) is 116. The van der Waals surface area contributed by atoms with Crippen LogP contribution in [0, 0.1) is 20.9 Å². The first-order valence-electron chi connectivity index (χ1n) is 30.9. The lowest BCUT2D eigenvalue weighted by Gasteiger charge is -2.32. The number of aromatic amines is 1. The smallest absolute Gasteiger partial charge is 0.323 e. The van der Waals surface area contributed by atoms with Crippen molar-refractivity contribution < 1.29 is 71.1 Å². The number of hydrogen-bond acceptors (Lipinski definition) is 20. The molecule has 0 spiro atoms. The number of hydrogen-bond donors (Lipinski definition) is 10. The minimum atomic E-state index is -4.46. The molecule has 10 N–H and O–H groups in total. The Hall–Kier alpha value is -7.62. The molecule has 1 aliphatic heterocycles. The first kappa shape index (κ1) is 75.1. The summed E-state index contributed by atoms with van der Waals surface area (Å²) < 4.78 is 53.7. The van der Waals surface area contributed by atoms with Crippen molar-refractivity contribution in [3.63, 3.8) is 0 Å². The van der Waals surface area contributed by atoms with Crippen molar-refractivity contribution in [3.05, 3.63) is 88.4 Å². The van der Waals surface area contributed by atoms with Gasteiger partial charge in [0.1, 0.15) is 23.4 Å². The Morgan fingerprint density at radius 2 is 1.36 bits per heavy atom. The minimum absolute atomic E-state index is 0.0178. The molecular formula is C61H92N14O16S. The zero-order valence-electron chi connectivity index (χ0n) is 53.4. The lowest BCUT2D eigenvalue weighted by atomic mass is 10.1. The fourth-order valence-corrected chi connectivity index (χ4v) is 11.6. The highest BCUT2D eigenvalue weighted by Crippen LogP contribution is 2.26. The monoisotopic (exact) mass is 1310 g/mol. The maximum absolute atomic E-state index is 13.6. The predicted molar refractivity (Wildman–Crippen MR) is 341 cm³/mol. The molecule has 4 aromatic rings. The van der Waals surface area contributed by atoms with Gasteiger partial charge in [0.25, 0.3) is 5.91 Å². The van der Waals surface area contributed by atoms with Gasteiger partial charge in [0.15, 0.2) is 5.95 Å². The molecule has 5 rings (SSSR count). The van der Waals surface area contributed by atoms with Gasteiger partial charge in [-0.1, -0.05) is 13.0 Å². The molecule has 2 radical (unpaired) electrons. The molecule has 2 atom stereocenters. The van der Waals surface area contributed by atoms with Gasteiger partial charge in [0.2, 0.25) is 39.1 Å². The van der Waals surface area contributed by atoms with E-state index in [4.69, 9.17) is 26.0 Å². The summed E-state index contributed by atoms with van der Waals surface area (Å²) in [7, 11) is 4.95. The maximum Gasteiger partial charge on any atom is 0.323 e. The standard InChI is InChI=1S/C61H92N14O16S/c1-7-73-22-20-71(5)21-23-74(26-27-75(25-24-73)42-55(79)80)41-54(78)69-49(14-15-52(76)62-4)59(83)64-17-10-29-89-32-34-90-33-31-88-28-9-16-63-53(77)11-8-30-91-46-35-43(2)57(44(3)36-46)92(86,87)70-50(60(84)85)39-67-58(82)48-40-72(6)51-37-45(12-13-47(51)56(48)81)38-68-61-65-18-19-66-61/h5,12-13,18-19,35-37,40,49-50,70H,7-11,14-17,20-34,38-39,41-42H2,1-4,6H3,(H,62,76)(H,63,77)(H,64,83)(H,67,82)(H,69,78)(H,79,80)(H,84,85)(H2,65,66,68)/t49-,50?/m1/s1. The Morgan fingerprint density at radius 1 is 0.739 bits per heavy atom. The molecule has 30 nitrogen and oxygen atoms in total. The van der Waals surface area contributed by atoms with Crippen LogP contribution >= 0.6 is 0 Å². The van der Waals surface area contributed by atoms with E-state index >= 15 is 0 Å². The van der Waals surface area contributed by atoms with E-state index in [-0.39, 0.29) is 84.3 Å². The van der Waals surface area contributed by atoms with Crippen LogP contribution < -0.4 is 46.8 Å². The molecule has 5 amide bonds. The maximum atomic E-state index is 13.6. The third-order valence-corrected chi connectivity index (χ3v) is 16.7. The number of sulfonamides is 1. The van der Waals surface area contributed by atoms with Crippen LogP contribution in [0.3, 0.4) is 0 Å². The van der Waals surface area contributed by atoms with Crippen LogP contribution in [0.4, 0.5) is 5.95 Å². The second kappa shape index (κ2) is 39.7. The number of H-pyrrole nitrogens is 1. The molecule has 31 heteroatoms. The third-order valence-electron chi connectivity index (χ3n) is 15.0. The lowest BCUT2D eigenvalue weighted by Crippen LogP contribution is -2.51. The number of anilines is 1. The fraction of sp³-hybridized carbons (Fsp3) is 0.574. The zero-order chi connectivity index (χ0) is 67.0. The summed E-state index contributed by atoms with van der Waals surface area (Å²) in [6.45, 7) is 12.6. The number of imidazole rings is 1. The third kappa shape index (κ3) is 26.5. The highest BCUT2D eigenvalue weighted by Gasteiger charge is 2.30. The quantitative estimate of drug-likeness (QED) is 0.0260. The first-order valence-corrected chi connectivity index (χ1v) is 32.3. The predicted octanol–water partition coefficient (Wildman–Crippen LogP) is -0.121. The first-order chi connectivity index (χ1) is 44.1. The number of fused-ring (bicyclic) bond motifs is 1. The van der Waals surface area contributed by atoms with E-state index in [0.717, 1.165) is 18.7 Å². The van der Waals surface area contributed by atoms with Crippen LogP contribution in [0.1, 0.15) is 72.5 Å². The van der Waals surface area contributed by atoms with Crippen LogP contribution in [0.15, 0.2) is 58.6 Å². The second-order valence-corrected chi connectivity index (χ2v) is 23.8. The van der Waals surface area contributed by atoms with Gasteiger partial charge >= 0.3 is 11.9 Å². The van der Waals surface area contributed by atoms with Crippen LogP contribution in [0.25, 0.3) is 10.9 Å². The number of aryl methyl sites for hydroxylation is 3. The van der Waals surface area contributed by atoms with Crippen LogP contribution in [0.2, 0.25) is 0 Å². The van der Waals surface area contributed by atoms with Crippen LogP contribution in [-0.2, 0) is 66.6 Å². The number of ether oxygens (including phenoxy) is 4. The summed E-state index contributed by atoms with van der Waals surface area (Å²) in [5, 5.41) is 36.3. The van der Waals surface area contributed by atoms with E-state index in [1.165, 1.54) is 39.2 Å². The molecule has 2 aromatic heterocycles. The van der Waals surface area contributed by atoms with Crippen molar-refractivity contribution in [2.24, 2.45) is 7.05 Å². The topological polar surface area (TPSA) is 379 Å². The molecule has 0 bridgehead atoms. The van der Waals surface area contributed by atoms with E-state index < -0.39 is 63.7 Å². The summed E-state index contributed by atoms with van der Waals surface area (Å²) in [5.74, 6) is -3.77. The molecular weight excluding hydrogens is 1220 g/mol. The SMILES string of the molecule is [CH]N1CCN(CC)CCN(CC(=O)O)CCN(CC(=O)N[C@H](CCC(=O)NC)C(=O)NCCCOCCOCCOCCCNC(=O)CCCOc2cc(C)c(S(=O)(=O)NC(CNC(=O)c3cn(C)c4cc(CNc5ncc[nH]5)ccc4c3=O)C(=O)O)c(C)c2)CC1. The number of carboxylic acid groups (broad SMARTS) is 2. The van der Waals surface area contributed by atoms with E-state index in [2.05, 4.69) is 51.5 Å². The Labute approximate surface area is 537 Å². The molecule has 508 valence electrons. The number of benzene rings is 2. The van der Waals surface area contributed by atoms with E-state index in [0.29, 0.717) is 135 Å². The van der Waals surface area contributed by atoms with E-state index in [1.807, 2.05) is 16.7 Å². The molecule has 1 fully saturated rings. The highest BCUT2D eigenvalue weighted by atomic mass is 32.2. The van der Waals surface area contributed by atoms with Gasteiger partial charge in [-0.05, 0) is 87.0 Å². The number of likely N-dealkylation sites (N-methyl/N-ethyl adjacent to an activating group) is 1.